The highest BCUT2D eigenvalue weighted by Crippen LogP contribution is 2.44. The van der Waals surface area contributed by atoms with Crippen LogP contribution >= 0.6 is 0 Å². The second-order valence-electron chi connectivity index (χ2n) is 11.9. The van der Waals surface area contributed by atoms with E-state index in [1.54, 1.807) is 38.5 Å². The van der Waals surface area contributed by atoms with Crippen molar-refractivity contribution < 1.29 is 24.2 Å². The minimum absolute atomic E-state index is 0.0261. The largest absolute Gasteiger partial charge is 0.507 e. The molecule has 4 rings (SSSR count). The third-order valence-electron chi connectivity index (χ3n) is 7.15. The summed E-state index contributed by atoms with van der Waals surface area (Å²) in [5, 5.41) is 11.6. The van der Waals surface area contributed by atoms with Crippen LogP contribution in [-0.2, 0) is 20.4 Å². The van der Waals surface area contributed by atoms with Crippen LogP contribution in [0, 0.1) is 0 Å². The summed E-state index contributed by atoms with van der Waals surface area (Å²) >= 11 is 0. The number of anilines is 1. The van der Waals surface area contributed by atoms with E-state index >= 15 is 0 Å². The Hall–Kier alpha value is -4.06. The van der Waals surface area contributed by atoms with Gasteiger partial charge in [0, 0.05) is 16.8 Å². The van der Waals surface area contributed by atoms with Crippen LogP contribution < -0.4 is 14.4 Å². The second kappa shape index (κ2) is 10.3. The Bertz CT molecular complexity index is 1440. The number of carbonyl (C=O) groups excluding carboxylic acids is 2. The van der Waals surface area contributed by atoms with Crippen molar-refractivity contribution >= 4 is 23.1 Å². The summed E-state index contributed by atoms with van der Waals surface area (Å²) in [6, 6.07) is 19.3. The molecule has 1 saturated heterocycles. The Labute approximate surface area is 230 Å². The first-order chi connectivity index (χ1) is 18.3. The summed E-state index contributed by atoms with van der Waals surface area (Å²) in [5.41, 5.74) is 3.31. The first kappa shape index (κ1) is 28.0. The van der Waals surface area contributed by atoms with E-state index in [1.807, 2.05) is 63.2 Å². The number of methoxy groups -OCH3 is 2. The van der Waals surface area contributed by atoms with Gasteiger partial charge in [0.25, 0.3) is 11.7 Å². The predicted octanol–water partition coefficient (Wildman–Crippen LogP) is 6.93. The Kier molecular flexibility index (Phi) is 7.35. The number of hydrogen-bond acceptors (Lipinski definition) is 5. The van der Waals surface area contributed by atoms with Crippen molar-refractivity contribution in [2.75, 3.05) is 19.1 Å². The first-order valence-electron chi connectivity index (χ1n) is 13.0. The Morgan fingerprint density at radius 1 is 0.821 bits per heavy atom. The third-order valence-corrected chi connectivity index (χ3v) is 7.15. The van der Waals surface area contributed by atoms with Crippen molar-refractivity contribution in [3.8, 4) is 11.5 Å². The summed E-state index contributed by atoms with van der Waals surface area (Å²) in [7, 11) is 3.16. The normalized spacial score (nSPS) is 17.4. The van der Waals surface area contributed by atoms with E-state index < -0.39 is 17.7 Å². The van der Waals surface area contributed by atoms with Gasteiger partial charge in [-0.3, -0.25) is 14.5 Å². The third kappa shape index (κ3) is 5.29. The molecule has 0 aromatic heterocycles. The summed E-state index contributed by atoms with van der Waals surface area (Å²) in [4.78, 5) is 28.6. The average Bonchev–Trinajstić information content (AvgIpc) is 3.17. The van der Waals surface area contributed by atoms with Crippen molar-refractivity contribution in [2.24, 2.45) is 0 Å². The van der Waals surface area contributed by atoms with Gasteiger partial charge >= 0.3 is 0 Å². The maximum atomic E-state index is 13.6. The highest BCUT2D eigenvalue weighted by Gasteiger charge is 2.47. The van der Waals surface area contributed by atoms with Crippen LogP contribution in [0.3, 0.4) is 0 Å². The molecule has 1 atom stereocenters. The average molecular weight is 528 g/mol. The van der Waals surface area contributed by atoms with E-state index in [2.05, 4.69) is 20.8 Å². The highest BCUT2D eigenvalue weighted by molar-refractivity contribution is 6.51. The van der Waals surface area contributed by atoms with E-state index in [-0.39, 0.29) is 22.2 Å². The van der Waals surface area contributed by atoms with E-state index in [1.165, 1.54) is 4.90 Å². The van der Waals surface area contributed by atoms with Crippen LogP contribution in [0.1, 0.15) is 69.8 Å². The topological polar surface area (TPSA) is 76.1 Å². The molecule has 1 amide bonds. The molecule has 1 heterocycles. The van der Waals surface area contributed by atoms with Crippen LogP contribution in [0.25, 0.3) is 5.76 Å². The number of aliphatic hydroxyl groups is 1. The zero-order valence-electron chi connectivity index (χ0n) is 24.0. The molecule has 6 nitrogen and oxygen atoms in total. The number of Topliss-reactive ketones (excluding diaryl/α,β-unsaturated/α-hetero) is 1. The maximum absolute atomic E-state index is 13.6. The van der Waals surface area contributed by atoms with E-state index in [0.29, 0.717) is 28.3 Å². The molecule has 204 valence electrons. The van der Waals surface area contributed by atoms with Gasteiger partial charge in [0.15, 0.2) is 0 Å². The zero-order valence-corrected chi connectivity index (χ0v) is 24.0. The first-order valence-corrected chi connectivity index (χ1v) is 13.0. The lowest BCUT2D eigenvalue weighted by Gasteiger charge is -2.27. The van der Waals surface area contributed by atoms with Gasteiger partial charge in [-0.25, -0.2) is 0 Å². The predicted molar refractivity (Wildman–Crippen MR) is 155 cm³/mol. The van der Waals surface area contributed by atoms with Crippen LogP contribution in [-0.4, -0.2) is 31.0 Å². The van der Waals surface area contributed by atoms with Crippen molar-refractivity contribution in [1.29, 1.82) is 0 Å². The van der Waals surface area contributed by atoms with Crippen molar-refractivity contribution in [3.63, 3.8) is 0 Å². The molecule has 1 aliphatic rings. The number of benzene rings is 3. The van der Waals surface area contributed by atoms with Gasteiger partial charge in [-0.2, -0.15) is 0 Å². The number of carbonyl (C=O) groups is 2. The van der Waals surface area contributed by atoms with Gasteiger partial charge < -0.3 is 14.6 Å². The molecule has 0 radical (unpaired) electrons. The molecular weight excluding hydrogens is 490 g/mol. The number of hydrogen-bond donors (Lipinski definition) is 1. The molecular formula is C33H37NO5. The summed E-state index contributed by atoms with van der Waals surface area (Å²) in [6.07, 6.45) is 0. The Morgan fingerprint density at radius 3 is 2.05 bits per heavy atom. The SMILES string of the molecule is COc1cccc(C2/C(=C(/O)c3ccc(OC)c(C(C)(C)C)c3)C(=O)C(=O)N2c2ccc(C(C)(C)C)cc2)c1. The summed E-state index contributed by atoms with van der Waals surface area (Å²) in [6.45, 7) is 12.5. The monoisotopic (exact) mass is 527 g/mol. The maximum Gasteiger partial charge on any atom is 0.300 e. The van der Waals surface area contributed by atoms with Crippen molar-refractivity contribution in [3.05, 3.63) is 94.6 Å². The van der Waals surface area contributed by atoms with E-state index in [9.17, 15) is 14.7 Å². The molecule has 1 aliphatic heterocycles. The van der Waals surface area contributed by atoms with Gasteiger partial charge in [-0.05, 0) is 64.4 Å². The van der Waals surface area contributed by atoms with Crippen LogP contribution in [0.4, 0.5) is 5.69 Å². The molecule has 6 heteroatoms. The van der Waals surface area contributed by atoms with Gasteiger partial charge in [-0.15, -0.1) is 0 Å². The molecule has 3 aromatic carbocycles. The van der Waals surface area contributed by atoms with Gasteiger partial charge in [0.2, 0.25) is 0 Å². The number of ether oxygens (including phenoxy) is 2. The van der Waals surface area contributed by atoms with Crippen molar-refractivity contribution in [2.45, 2.75) is 58.4 Å². The van der Waals surface area contributed by atoms with E-state index in [4.69, 9.17) is 9.47 Å². The van der Waals surface area contributed by atoms with E-state index in [0.717, 1.165) is 11.1 Å². The molecule has 3 aromatic rings. The fraction of sp³-hybridized carbons (Fsp3) is 0.333. The quantitative estimate of drug-likeness (QED) is 0.221. The molecule has 0 saturated carbocycles. The Morgan fingerprint density at radius 2 is 1.49 bits per heavy atom. The summed E-state index contributed by atoms with van der Waals surface area (Å²) < 4.78 is 11.0. The molecule has 1 fully saturated rings. The van der Waals surface area contributed by atoms with Gasteiger partial charge in [-0.1, -0.05) is 65.8 Å². The molecule has 0 bridgehead atoms. The lowest BCUT2D eigenvalue weighted by atomic mass is 9.84. The standard InChI is InChI=1S/C33H37NO5/c1-32(2,3)22-13-15-23(16-14-22)34-28(20-10-9-11-24(18-20)38-7)27(30(36)31(34)37)29(35)21-12-17-26(39-8)25(19-21)33(4,5)6/h9-19,28,35H,1-8H3/b29-27-. The van der Waals surface area contributed by atoms with Crippen LogP contribution in [0.2, 0.25) is 0 Å². The number of aliphatic hydroxyl groups excluding tert-OH is 1. The number of ketones is 1. The second-order valence-corrected chi connectivity index (χ2v) is 11.9. The number of amides is 1. The minimum Gasteiger partial charge on any atom is -0.507 e. The minimum atomic E-state index is -0.847. The summed E-state index contributed by atoms with van der Waals surface area (Å²) in [5.74, 6) is -0.405. The van der Waals surface area contributed by atoms with Gasteiger partial charge in [0.05, 0.1) is 25.8 Å². The molecule has 1 N–H and O–H groups in total. The number of nitrogens with zero attached hydrogens (tertiary/aromatic N) is 1. The van der Waals surface area contributed by atoms with Gasteiger partial charge in [0.1, 0.15) is 17.3 Å². The highest BCUT2D eigenvalue weighted by atomic mass is 16.5. The number of rotatable bonds is 5. The fourth-order valence-electron chi connectivity index (χ4n) is 4.94. The lowest BCUT2D eigenvalue weighted by molar-refractivity contribution is -0.132. The molecule has 1 unspecified atom stereocenters. The molecule has 39 heavy (non-hydrogen) atoms. The zero-order chi connectivity index (χ0) is 28.7. The molecule has 0 aliphatic carbocycles. The van der Waals surface area contributed by atoms with Crippen LogP contribution in [0.15, 0.2) is 72.3 Å². The fourth-order valence-corrected chi connectivity index (χ4v) is 4.94. The molecule has 0 spiro atoms. The smallest absolute Gasteiger partial charge is 0.300 e. The Balaban J connectivity index is 1.95. The lowest BCUT2D eigenvalue weighted by Crippen LogP contribution is -2.29. The van der Waals surface area contributed by atoms with Crippen molar-refractivity contribution in [1.82, 2.24) is 0 Å². The van der Waals surface area contributed by atoms with Crippen LogP contribution in [0.5, 0.6) is 11.5 Å².